The van der Waals surface area contributed by atoms with E-state index in [1.807, 2.05) is 29.9 Å². The molecule has 0 saturated carbocycles. The molecule has 1 aromatic carbocycles. The fourth-order valence-electron chi connectivity index (χ4n) is 1.66. The minimum absolute atomic E-state index is 0.228. The monoisotopic (exact) mass is 263 g/mol. The standard InChI is InChI=1S/C13H14ClN3O/c1-17-6-2-3-10(17)8-16-13(18)11-7-9(15)4-5-12(11)14/h2-7H,8,15H2,1H3,(H,16,18). The number of benzene rings is 1. The van der Waals surface area contributed by atoms with E-state index in [0.29, 0.717) is 22.8 Å². The Morgan fingerprint density at radius 3 is 2.89 bits per heavy atom. The molecule has 0 aliphatic rings. The van der Waals surface area contributed by atoms with Gasteiger partial charge in [-0.3, -0.25) is 4.79 Å². The number of amides is 1. The van der Waals surface area contributed by atoms with E-state index < -0.39 is 0 Å². The van der Waals surface area contributed by atoms with Crippen molar-refractivity contribution in [3.8, 4) is 0 Å². The van der Waals surface area contributed by atoms with E-state index in [2.05, 4.69) is 5.32 Å². The summed E-state index contributed by atoms with van der Waals surface area (Å²) in [6.45, 7) is 0.452. The first kappa shape index (κ1) is 12.5. The molecule has 4 nitrogen and oxygen atoms in total. The van der Waals surface area contributed by atoms with Gasteiger partial charge in [0, 0.05) is 24.6 Å². The molecular formula is C13H14ClN3O. The van der Waals surface area contributed by atoms with Crippen molar-refractivity contribution < 1.29 is 4.79 Å². The lowest BCUT2D eigenvalue weighted by molar-refractivity contribution is 0.0950. The van der Waals surface area contributed by atoms with E-state index in [9.17, 15) is 4.79 Å². The Balaban J connectivity index is 2.08. The van der Waals surface area contributed by atoms with Gasteiger partial charge >= 0.3 is 0 Å². The molecule has 2 aromatic rings. The summed E-state index contributed by atoms with van der Waals surface area (Å²) in [7, 11) is 1.93. The van der Waals surface area contributed by atoms with Crippen LogP contribution in [0.15, 0.2) is 36.5 Å². The molecule has 0 aliphatic heterocycles. The third kappa shape index (κ3) is 2.65. The van der Waals surface area contributed by atoms with Gasteiger partial charge in [-0.1, -0.05) is 11.6 Å². The van der Waals surface area contributed by atoms with Crippen LogP contribution in [0.25, 0.3) is 0 Å². The maximum absolute atomic E-state index is 12.0. The third-order valence-corrected chi connectivity index (χ3v) is 3.05. The SMILES string of the molecule is Cn1cccc1CNC(=O)c1cc(N)ccc1Cl. The quantitative estimate of drug-likeness (QED) is 0.834. The molecule has 1 aromatic heterocycles. The Labute approximate surface area is 110 Å². The summed E-state index contributed by atoms with van der Waals surface area (Å²) in [6.07, 6.45) is 1.93. The second kappa shape index (κ2) is 5.14. The van der Waals surface area contributed by atoms with Crippen molar-refractivity contribution in [3.05, 3.63) is 52.8 Å². The van der Waals surface area contributed by atoms with Crippen LogP contribution in [0.1, 0.15) is 16.1 Å². The van der Waals surface area contributed by atoms with E-state index in [1.54, 1.807) is 18.2 Å². The Hall–Kier alpha value is -1.94. The molecule has 0 fully saturated rings. The summed E-state index contributed by atoms with van der Waals surface area (Å²) in [4.78, 5) is 12.0. The summed E-state index contributed by atoms with van der Waals surface area (Å²) in [5, 5.41) is 3.21. The maximum Gasteiger partial charge on any atom is 0.253 e. The number of hydrogen-bond donors (Lipinski definition) is 2. The predicted molar refractivity (Wildman–Crippen MR) is 72.4 cm³/mol. The molecule has 94 valence electrons. The number of carbonyl (C=O) groups excluding carboxylic acids is 1. The number of halogens is 1. The zero-order valence-corrected chi connectivity index (χ0v) is 10.7. The van der Waals surface area contributed by atoms with Crippen molar-refractivity contribution in [1.82, 2.24) is 9.88 Å². The zero-order chi connectivity index (χ0) is 13.1. The van der Waals surface area contributed by atoms with Gasteiger partial charge in [0.05, 0.1) is 17.1 Å². The van der Waals surface area contributed by atoms with Crippen molar-refractivity contribution in [2.24, 2.45) is 7.05 Å². The van der Waals surface area contributed by atoms with E-state index in [4.69, 9.17) is 17.3 Å². The lowest BCUT2D eigenvalue weighted by Crippen LogP contribution is -2.24. The van der Waals surface area contributed by atoms with Crippen molar-refractivity contribution in [3.63, 3.8) is 0 Å². The van der Waals surface area contributed by atoms with Crippen LogP contribution in [-0.4, -0.2) is 10.5 Å². The molecule has 0 spiro atoms. The molecule has 0 unspecified atom stereocenters. The van der Waals surface area contributed by atoms with Gasteiger partial charge < -0.3 is 15.6 Å². The minimum atomic E-state index is -0.228. The number of hydrogen-bond acceptors (Lipinski definition) is 2. The number of aryl methyl sites for hydroxylation is 1. The first-order chi connectivity index (χ1) is 8.58. The van der Waals surface area contributed by atoms with Crippen molar-refractivity contribution in [1.29, 1.82) is 0 Å². The number of carbonyl (C=O) groups is 1. The minimum Gasteiger partial charge on any atom is -0.399 e. The molecular weight excluding hydrogens is 250 g/mol. The highest BCUT2D eigenvalue weighted by molar-refractivity contribution is 6.34. The van der Waals surface area contributed by atoms with E-state index in [0.717, 1.165) is 5.69 Å². The van der Waals surface area contributed by atoms with Crippen molar-refractivity contribution in [2.45, 2.75) is 6.54 Å². The Kier molecular flexibility index (Phi) is 3.58. The molecule has 0 bridgehead atoms. The molecule has 2 rings (SSSR count). The summed E-state index contributed by atoms with van der Waals surface area (Å²) in [5.74, 6) is -0.228. The Bertz CT molecular complexity index is 577. The van der Waals surface area contributed by atoms with Crippen molar-refractivity contribution >= 4 is 23.2 Å². The predicted octanol–water partition coefficient (Wildman–Crippen LogP) is 2.19. The number of nitrogens with one attached hydrogen (secondary N) is 1. The van der Waals surface area contributed by atoms with Crippen LogP contribution >= 0.6 is 11.6 Å². The molecule has 5 heteroatoms. The van der Waals surface area contributed by atoms with Gasteiger partial charge in [-0.05, 0) is 30.3 Å². The normalized spacial score (nSPS) is 10.3. The van der Waals surface area contributed by atoms with E-state index in [1.165, 1.54) is 0 Å². The maximum atomic E-state index is 12.0. The third-order valence-electron chi connectivity index (χ3n) is 2.72. The van der Waals surface area contributed by atoms with Crippen LogP contribution in [0, 0.1) is 0 Å². The van der Waals surface area contributed by atoms with Gasteiger partial charge in [0.2, 0.25) is 0 Å². The fraction of sp³-hybridized carbons (Fsp3) is 0.154. The lowest BCUT2D eigenvalue weighted by atomic mass is 10.2. The van der Waals surface area contributed by atoms with Crippen LogP contribution in [0.4, 0.5) is 5.69 Å². The number of nitrogens with two attached hydrogens (primary N) is 1. The lowest BCUT2D eigenvalue weighted by Gasteiger charge is -2.08. The summed E-state index contributed by atoms with van der Waals surface area (Å²) < 4.78 is 1.95. The largest absolute Gasteiger partial charge is 0.399 e. The second-order valence-electron chi connectivity index (χ2n) is 4.03. The highest BCUT2D eigenvalue weighted by Gasteiger charge is 2.10. The van der Waals surface area contributed by atoms with Crippen LogP contribution in [0.3, 0.4) is 0 Å². The highest BCUT2D eigenvalue weighted by Crippen LogP contribution is 2.18. The average Bonchev–Trinajstić information content (AvgIpc) is 2.75. The number of nitrogen functional groups attached to an aromatic ring is 1. The molecule has 0 atom stereocenters. The van der Waals surface area contributed by atoms with Gasteiger partial charge in [-0.25, -0.2) is 0 Å². The summed E-state index contributed by atoms with van der Waals surface area (Å²) in [6, 6.07) is 8.73. The number of anilines is 1. The zero-order valence-electron chi connectivity index (χ0n) is 9.98. The fourth-order valence-corrected chi connectivity index (χ4v) is 1.87. The first-order valence-electron chi connectivity index (χ1n) is 5.51. The molecule has 1 amide bonds. The van der Waals surface area contributed by atoms with Crippen LogP contribution in [0.5, 0.6) is 0 Å². The van der Waals surface area contributed by atoms with Gasteiger partial charge in [0.15, 0.2) is 0 Å². The average molecular weight is 264 g/mol. The second-order valence-corrected chi connectivity index (χ2v) is 4.44. The van der Waals surface area contributed by atoms with Gasteiger partial charge in [-0.15, -0.1) is 0 Å². The number of rotatable bonds is 3. The summed E-state index contributed by atoms with van der Waals surface area (Å²) in [5.41, 5.74) is 7.57. The van der Waals surface area contributed by atoms with Crippen LogP contribution in [-0.2, 0) is 13.6 Å². The van der Waals surface area contributed by atoms with Crippen LogP contribution < -0.4 is 11.1 Å². The van der Waals surface area contributed by atoms with Crippen LogP contribution in [0.2, 0.25) is 5.02 Å². The molecule has 0 saturated heterocycles. The Morgan fingerprint density at radius 2 is 2.22 bits per heavy atom. The molecule has 0 radical (unpaired) electrons. The molecule has 18 heavy (non-hydrogen) atoms. The van der Waals surface area contributed by atoms with Gasteiger partial charge in [0.1, 0.15) is 0 Å². The van der Waals surface area contributed by atoms with Gasteiger partial charge in [0.25, 0.3) is 5.91 Å². The Morgan fingerprint density at radius 1 is 1.44 bits per heavy atom. The summed E-state index contributed by atoms with van der Waals surface area (Å²) >= 11 is 5.96. The molecule has 1 heterocycles. The van der Waals surface area contributed by atoms with E-state index in [-0.39, 0.29) is 5.91 Å². The number of aromatic nitrogens is 1. The molecule has 3 N–H and O–H groups in total. The smallest absolute Gasteiger partial charge is 0.253 e. The van der Waals surface area contributed by atoms with Crippen molar-refractivity contribution in [2.75, 3.05) is 5.73 Å². The number of nitrogens with zero attached hydrogens (tertiary/aromatic N) is 1. The highest BCUT2D eigenvalue weighted by atomic mass is 35.5. The van der Waals surface area contributed by atoms with E-state index >= 15 is 0 Å². The molecule has 0 aliphatic carbocycles. The topological polar surface area (TPSA) is 60.0 Å². The van der Waals surface area contributed by atoms with Gasteiger partial charge in [-0.2, -0.15) is 0 Å². The first-order valence-corrected chi connectivity index (χ1v) is 5.89.